The summed E-state index contributed by atoms with van der Waals surface area (Å²) in [5, 5.41) is 2.53. The van der Waals surface area contributed by atoms with E-state index in [1.165, 1.54) is 16.7 Å². The Morgan fingerprint density at radius 1 is 1.20 bits per heavy atom. The molecule has 1 aliphatic rings. The molecule has 0 radical (unpaired) electrons. The first-order valence-electron chi connectivity index (χ1n) is 7.29. The quantitative estimate of drug-likeness (QED) is 0.794. The lowest BCUT2D eigenvalue weighted by Gasteiger charge is -2.30. The van der Waals surface area contributed by atoms with E-state index >= 15 is 0 Å². The maximum atomic E-state index is 12.6. The van der Waals surface area contributed by atoms with Crippen LogP contribution in [0, 0.1) is 0 Å². The Kier molecular flexibility index (Phi) is 5.13. The van der Waals surface area contributed by atoms with Crippen LogP contribution in [0.5, 0.6) is 5.75 Å². The summed E-state index contributed by atoms with van der Waals surface area (Å²) in [6, 6.07) is 10.1. The summed E-state index contributed by atoms with van der Waals surface area (Å²) in [5.74, 6) is -0.0495. The lowest BCUT2D eigenvalue weighted by molar-refractivity contribution is -0.124. The van der Waals surface area contributed by atoms with Crippen molar-refractivity contribution >= 4 is 58.2 Å². The predicted octanol–water partition coefficient (Wildman–Crippen LogP) is 4.08. The van der Waals surface area contributed by atoms with Gasteiger partial charge in [0.2, 0.25) is 11.8 Å². The van der Waals surface area contributed by atoms with Crippen molar-refractivity contribution in [1.29, 1.82) is 0 Å². The number of rotatable bonds is 3. The van der Waals surface area contributed by atoms with Gasteiger partial charge in [-0.1, -0.05) is 23.2 Å². The van der Waals surface area contributed by atoms with E-state index < -0.39 is 11.2 Å². The minimum Gasteiger partial charge on any atom is -0.497 e. The van der Waals surface area contributed by atoms with Crippen LogP contribution in [0.25, 0.3) is 0 Å². The van der Waals surface area contributed by atoms with Crippen LogP contribution in [0.1, 0.15) is 0 Å². The number of nitrogens with zero attached hydrogens (tertiary/aromatic N) is 1. The molecule has 1 aliphatic heterocycles. The molecule has 3 rings (SSSR count). The highest BCUT2D eigenvalue weighted by atomic mass is 35.5. The van der Waals surface area contributed by atoms with Crippen LogP contribution in [-0.4, -0.2) is 31.2 Å². The smallest absolute Gasteiger partial charge is 0.249 e. The Balaban J connectivity index is 1.85. The second kappa shape index (κ2) is 7.15. The zero-order chi connectivity index (χ0) is 18.1. The molecule has 8 heteroatoms. The van der Waals surface area contributed by atoms with Gasteiger partial charge in [-0.05, 0) is 36.4 Å². The monoisotopic (exact) mass is 396 g/mol. The van der Waals surface area contributed by atoms with Gasteiger partial charge in [0.05, 0.1) is 22.8 Å². The molecule has 0 bridgehead atoms. The van der Waals surface area contributed by atoms with Crippen molar-refractivity contribution in [1.82, 2.24) is 0 Å². The fraction of sp³-hybridized carbons (Fsp3) is 0.176. The molecular weight excluding hydrogens is 383 g/mol. The van der Waals surface area contributed by atoms with E-state index in [1.807, 2.05) is 6.07 Å². The van der Waals surface area contributed by atoms with E-state index in [4.69, 9.17) is 27.9 Å². The highest BCUT2D eigenvalue weighted by Crippen LogP contribution is 2.41. The molecule has 0 fully saturated rings. The van der Waals surface area contributed by atoms with Crippen LogP contribution < -0.4 is 15.0 Å². The van der Waals surface area contributed by atoms with Crippen LogP contribution in [0.2, 0.25) is 10.0 Å². The number of ether oxygens (including phenoxy) is 1. The molecule has 25 heavy (non-hydrogen) atoms. The third-order valence-electron chi connectivity index (χ3n) is 3.75. The van der Waals surface area contributed by atoms with E-state index in [2.05, 4.69) is 5.32 Å². The number of hydrogen-bond donors (Lipinski definition) is 1. The number of methoxy groups -OCH3 is 1. The van der Waals surface area contributed by atoms with Crippen molar-refractivity contribution in [3.8, 4) is 5.75 Å². The van der Waals surface area contributed by atoms with Crippen molar-refractivity contribution in [3.63, 3.8) is 0 Å². The molecule has 5 nitrogen and oxygen atoms in total. The average molecular weight is 397 g/mol. The molecule has 0 saturated carbocycles. The average Bonchev–Trinajstić information content (AvgIpc) is 2.60. The summed E-state index contributed by atoms with van der Waals surface area (Å²) in [5.41, 5.74) is 1.22. The Morgan fingerprint density at radius 2 is 1.96 bits per heavy atom. The first-order chi connectivity index (χ1) is 11.9. The Bertz CT molecular complexity index is 860. The fourth-order valence-corrected chi connectivity index (χ4v) is 3.90. The van der Waals surface area contributed by atoms with Gasteiger partial charge in [0.15, 0.2) is 5.25 Å². The number of carbonyl (C=O) groups is 2. The molecule has 1 atom stereocenters. The molecule has 0 saturated heterocycles. The third kappa shape index (κ3) is 3.56. The van der Waals surface area contributed by atoms with Crippen molar-refractivity contribution in [2.24, 2.45) is 0 Å². The summed E-state index contributed by atoms with van der Waals surface area (Å²) in [7, 11) is 3.21. The SMILES string of the molecule is COc1ccc2c(c1)SC(C(=O)Nc1ccc(Cl)c(Cl)c1)C(=O)N2C. The van der Waals surface area contributed by atoms with Crippen molar-refractivity contribution in [2.75, 3.05) is 24.4 Å². The minimum atomic E-state index is -0.904. The topological polar surface area (TPSA) is 58.6 Å². The number of benzene rings is 2. The van der Waals surface area contributed by atoms with Crippen LogP contribution in [0.3, 0.4) is 0 Å². The van der Waals surface area contributed by atoms with Crippen molar-refractivity contribution < 1.29 is 14.3 Å². The van der Waals surface area contributed by atoms with Gasteiger partial charge in [-0.15, -0.1) is 11.8 Å². The molecule has 0 aliphatic carbocycles. The largest absolute Gasteiger partial charge is 0.497 e. The predicted molar refractivity (Wildman–Crippen MR) is 101 cm³/mol. The molecule has 1 N–H and O–H groups in total. The lowest BCUT2D eigenvalue weighted by Crippen LogP contribution is -2.44. The number of nitrogens with one attached hydrogen (secondary N) is 1. The van der Waals surface area contributed by atoms with Gasteiger partial charge in [0, 0.05) is 17.6 Å². The summed E-state index contributed by atoms with van der Waals surface area (Å²) in [4.78, 5) is 27.4. The zero-order valence-electron chi connectivity index (χ0n) is 13.4. The summed E-state index contributed by atoms with van der Waals surface area (Å²) < 4.78 is 5.21. The third-order valence-corrected chi connectivity index (χ3v) is 5.72. The van der Waals surface area contributed by atoms with Gasteiger partial charge in [-0.2, -0.15) is 0 Å². The first-order valence-corrected chi connectivity index (χ1v) is 8.92. The van der Waals surface area contributed by atoms with E-state index in [0.29, 0.717) is 21.5 Å². The number of amides is 2. The second-order valence-corrected chi connectivity index (χ2v) is 7.31. The van der Waals surface area contributed by atoms with Crippen molar-refractivity contribution in [3.05, 3.63) is 46.4 Å². The van der Waals surface area contributed by atoms with Crippen LogP contribution in [-0.2, 0) is 9.59 Å². The fourth-order valence-electron chi connectivity index (χ4n) is 2.41. The van der Waals surface area contributed by atoms with Crippen LogP contribution in [0.15, 0.2) is 41.3 Å². The van der Waals surface area contributed by atoms with E-state index in [1.54, 1.807) is 44.5 Å². The number of halogens is 2. The molecule has 1 unspecified atom stereocenters. The standard InChI is InChI=1S/C17H14Cl2N2O3S/c1-21-13-6-4-10(24-2)8-14(13)25-15(17(21)23)16(22)20-9-3-5-11(18)12(19)7-9/h3-8,15H,1-2H3,(H,20,22). The maximum Gasteiger partial charge on any atom is 0.249 e. The molecule has 0 aromatic heterocycles. The van der Waals surface area contributed by atoms with E-state index in [9.17, 15) is 9.59 Å². The second-order valence-electron chi connectivity index (χ2n) is 5.35. The molecule has 130 valence electrons. The Labute approximate surface area is 159 Å². The highest BCUT2D eigenvalue weighted by molar-refractivity contribution is 8.01. The maximum absolute atomic E-state index is 12.6. The van der Waals surface area contributed by atoms with E-state index in [-0.39, 0.29) is 5.91 Å². The van der Waals surface area contributed by atoms with Gasteiger partial charge >= 0.3 is 0 Å². The molecule has 2 aromatic rings. The van der Waals surface area contributed by atoms with Crippen LogP contribution in [0.4, 0.5) is 11.4 Å². The number of hydrogen-bond acceptors (Lipinski definition) is 4. The minimum absolute atomic E-state index is 0.291. The lowest BCUT2D eigenvalue weighted by atomic mass is 10.2. The summed E-state index contributed by atoms with van der Waals surface area (Å²) in [6.45, 7) is 0. The Hall–Kier alpha value is -1.89. The van der Waals surface area contributed by atoms with Gasteiger partial charge < -0.3 is 15.0 Å². The normalized spacial score (nSPS) is 16.4. The van der Waals surface area contributed by atoms with Gasteiger partial charge in [-0.25, -0.2) is 0 Å². The van der Waals surface area contributed by atoms with Gasteiger partial charge in [0.25, 0.3) is 0 Å². The molecule has 0 spiro atoms. The van der Waals surface area contributed by atoms with Crippen LogP contribution >= 0.6 is 35.0 Å². The first kappa shape index (κ1) is 17.9. The number of fused-ring (bicyclic) bond motifs is 1. The summed E-state index contributed by atoms with van der Waals surface area (Å²) >= 11 is 13.0. The van der Waals surface area contributed by atoms with Crippen molar-refractivity contribution in [2.45, 2.75) is 10.1 Å². The molecule has 2 amide bonds. The zero-order valence-corrected chi connectivity index (χ0v) is 15.7. The molecular formula is C17H14Cl2N2O3S. The summed E-state index contributed by atoms with van der Waals surface area (Å²) in [6.07, 6.45) is 0. The van der Waals surface area contributed by atoms with Gasteiger partial charge in [-0.3, -0.25) is 9.59 Å². The number of thioether (sulfide) groups is 1. The Morgan fingerprint density at radius 3 is 2.64 bits per heavy atom. The highest BCUT2D eigenvalue weighted by Gasteiger charge is 2.36. The number of carbonyl (C=O) groups excluding carboxylic acids is 2. The van der Waals surface area contributed by atoms with Gasteiger partial charge in [0.1, 0.15) is 5.75 Å². The van der Waals surface area contributed by atoms with E-state index in [0.717, 1.165) is 10.6 Å². The molecule has 2 aromatic carbocycles. The number of anilines is 2. The molecule has 1 heterocycles.